The normalized spacial score (nSPS) is 10.2. The number of aromatic nitrogens is 2. The molecule has 0 atom stereocenters. The molecule has 0 N–H and O–H groups in total. The summed E-state index contributed by atoms with van der Waals surface area (Å²) >= 11 is 7.10. The first-order valence-electron chi connectivity index (χ1n) is 3.51. The molecule has 0 aliphatic heterocycles. The van der Waals surface area contributed by atoms with Gasteiger partial charge in [-0.2, -0.15) is 5.10 Å². The van der Waals surface area contributed by atoms with Gasteiger partial charge < -0.3 is 0 Å². The molecule has 0 amide bonds. The maximum absolute atomic E-state index is 11.0. The molecular formula is C7H9ClN2OS. The zero-order valence-electron chi connectivity index (χ0n) is 6.87. The fourth-order valence-corrected chi connectivity index (χ4v) is 1.66. The van der Waals surface area contributed by atoms with Gasteiger partial charge in [-0.25, -0.2) is 0 Å². The molecule has 12 heavy (non-hydrogen) atoms. The topological polar surface area (TPSA) is 34.9 Å². The fourth-order valence-electron chi connectivity index (χ4n) is 0.778. The quantitative estimate of drug-likeness (QED) is 0.686. The van der Waals surface area contributed by atoms with Gasteiger partial charge in [0.1, 0.15) is 0 Å². The van der Waals surface area contributed by atoms with Gasteiger partial charge in [-0.3, -0.25) is 9.48 Å². The van der Waals surface area contributed by atoms with Crippen molar-refractivity contribution in [1.29, 1.82) is 0 Å². The Labute approximate surface area is 79.7 Å². The zero-order valence-corrected chi connectivity index (χ0v) is 8.45. The highest BCUT2D eigenvalue weighted by Gasteiger charge is 2.02. The van der Waals surface area contributed by atoms with Crippen molar-refractivity contribution in [3.63, 3.8) is 0 Å². The van der Waals surface area contributed by atoms with E-state index in [2.05, 4.69) is 5.10 Å². The monoisotopic (exact) mass is 204 g/mol. The van der Waals surface area contributed by atoms with E-state index in [0.717, 1.165) is 10.8 Å². The molecular weight excluding hydrogens is 196 g/mol. The molecule has 1 aromatic heterocycles. The Hall–Kier alpha value is -0.480. The summed E-state index contributed by atoms with van der Waals surface area (Å²) in [5.41, 5.74) is -0.217. The van der Waals surface area contributed by atoms with Crippen molar-refractivity contribution in [2.24, 2.45) is 7.05 Å². The van der Waals surface area contributed by atoms with E-state index in [9.17, 15) is 4.79 Å². The van der Waals surface area contributed by atoms with Gasteiger partial charge in [0.25, 0.3) is 0 Å². The van der Waals surface area contributed by atoms with Crippen molar-refractivity contribution in [3.05, 3.63) is 21.4 Å². The molecule has 0 fully saturated rings. The van der Waals surface area contributed by atoms with Gasteiger partial charge in [0.15, 0.2) is 5.15 Å². The molecule has 0 unspecified atom stereocenters. The third kappa shape index (κ3) is 2.01. The Kier molecular flexibility index (Phi) is 3.17. The summed E-state index contributed by atoms with van der Waals surface area (Å²) in [7, 11) is 1.77. The van der Waals surface area contributed by atoms with Crippen LogP contribution in [0.3, 0.4) is 0 Å². The van der Waals surface area contributed by atoms with E-state index >= 15 is 0 Å². The smallest absolute Gasteiger partial charge is 0.220 e. The first-order valence-corrected chi connectivity index (χ1v) is 4.88. The van der Waals surface area contributed by atoms with Crippen LogP contribution in [0.4, 0.5) is 0 Å². The second kappa shape index (κ2) is 3.96. The van der Waals surface area contributed by atoms with E-state index < -0.39 is 0 Å². The second-order valence-corrected chi connectivity index (χ2v) is 3.84. The van der Waals surface area contributed by atoms with Gasteiger partial charge in [0.05, 0.1) is 5.03 Å². The van der Waals surface area contributed by atoms with Gasteiger partial charge >= 0.3 is 0 Å². The summed E-state index contributed by atoms with van der Waals surface area (Å²) in [5, 5.41) is 4.71. The highest BCUT2D eigenvalue weighted by atomic mass is 35.5. The lowest BCUT2D eigenvalue weighted by atomic mass is 10.6. The average molecular weight is 205 g/mol. The van der Waals surface area contributed by atoms with E-state index in [-0.39, 0.29) is 10.6 Å². The second-order valence-electron chi connectivity index (χ2n) is 2.19. The number of thioether (sulfide) groups is 1. The molecule has 0 saturated heterocycles. The first-order chi connectivity index (χ1) is 5.65. The van der Waals surface area contributed by atoms with Crippen LogP contribution < -0.4 is 5.43 Å². The summed E-state index contributed by atoms with van der Waals surface area (Å²) in [6.45, 7) is 2.02. The molecule has 0 bridgehead atoms. The van der Waals surface area contributed by atoms with Crippen molar-refractivity contribution < 1.29 is 0 Å². The van der Waals surface area contributed by atoms with Crippen LogP contribution in [0.25, 0.3) is 0 Å². The van der Waals surface area contributed by atoms with Gasteiger partial charge in [-0.1, -0.05) is 18.5 Å². The van der Waals surface area contributed by atoms with Crippen molar-refractivity contribution in [2.75, 3.05) is 5.75 Å². The number of hydrogen-bond acceptors (Lipinski definition) is 3. The van der Waals surface area contributed by atoms with E-state index in [0.29, 0.717) is 0 Å². The highest BCUT2D eigenvalue weighted by molar-refractivity contribution is 7.99. The molecule has 5 heteroatoms. The predicted molar refractivity (Wildman–Crippen MR) is 50.9 cm³/mol. The van der Waals surface area contributed by atoms with Crippen molar-refractivity contribution >= 4 is 23.4 Å². The molecule has 0 spiro atoms. The van der Waals surface area contributed by atoms with Crippen LogP contribution in [0, 0.1) is 0 Å². The highest BCUT2D eigenvalue weighted by Crippen LogP contribution is 2.14. The Morgan fingerprint density at radius 1 is 1.75 bits per heavy atom. The van der Waals surface area contributed by atoms with Crippen LogP contribution >= 0.6 is 23.4 Å². The van der Waals surface area contributed by atoms with Gasteiger partial charge in [0, 0.05) is 13.1 Å². The fraction of sp³-hybridized carbons (Fsp3) is 0.429. The van der Waals surface area contributed by atoms with Crippen LogP contribution in [-0.2, 0) is 7.05 Å². The van der Waals surface area contributed by atoms with E-state index in [1.807, 2.05) is 6.92 Å². The molecule has 0 aliphatic carbocycles. The lowest BCUT2D eigenvalue weighted by molar-refractivity contribution is 0.659. The Bertz CT molecular complexity index is 337. The minimum atomic E-state index is -0.217. The van der Waals surface area contributed by atoms with Crippen molar-refractivity contribution in [3.8, 4) is 0 Å². The summed E-state index contributed by atoms with van der Waals surface area (Å²) in [6, 6.07) is 1.50. The van der Waals surface area contributed by atoms with Crippen LogP contribution in [0.5, 0.6) is 0 Å². The van der Waals surface area contributed by atoms with Crippen molar-refractivity contribution in [2.45, 2.75) is 11.9 Å². The van der Waals surface area contributed by atoms with Gasteiger partial charge in [-0.05, 0) is 5.75 Å². The standard InChI is InChI=1S/C7H9ClN2OS/c1-3-12-6-4-5(11)7(8)9-10(6)2/h4H,3H2,1-2H3. The molecule has 66 valence electrons. The summed E-state index contributed by atoms with van der Waals surface area (Å²) < 4.78 is 1.61. The zero-order chi connectivity index (χ0) is 9.14. The molecule has 3 nitrogen and oxygen atoms in total. The average Bonchev–Trinajstić information content (AvgIpc) is 2.01. The molecule has 1 aromatic rings. The minimum absolute atomic E-state index is 0.0259. The van der Waals surface area contributed by atoms with Crippen LogP contribution in [0.1, 0.15) is 6.92 Å². The minimum Gasteiger partial charge on any atom is -0.286 e. The summed E-state index contributed by atoms with van der Waals surface area (Å²) in [5.74, 6) is 0.913. The number of rotatable bonds is 2. The van der Waals surface area contributed by atoms with E-state index in [1.54, 1.807) is 23.5 Å². The number of halogens is 1. The number of aryl methyl sites for hydroxylation is 1. The van der Waals surface area contributed by atoms with Gasteiger partial charge in [-0.15, -0.1) is 11.8 Å². The van der Waals surface area contributed by atoms with E-state index in [1.165, 1.54) is 6.07 Å². The lowest BCUT2D eigenvalue weighted by Crippen LogP contribution is -2.11. The largest absolute Gasteiger partial charge is 0.286 e. The maximum Gasteiger partial charge on any atom is 0.220 e. The number of nitrogens with zero attached hydrogens (tertiary/aromatic N) is 2. The molecule has 0 radical (unpaired) electrons. The third-order valence-electron chi connectivity index (χ3n) is 1.31. The molecule has 0 aromatic carbocycles. The van der Waals surface area contributed by atoms with Crippen LogP contribution in [0.15, 0.2) is 15.9 Å². The molecule has 0 saturated carbocycles. The maximum atomic E-state index is 11.0. The number of hydrogen-bond donors (Lipinski definition) is 0. The summed E-state index contributed by atoms with van der Waals surface area (Å²) in [4.78, 5) is 11.0. The first kappa shape index (κ1) is 9.61. The van der Waals surface area contributed by atoms with E-state index in [4.69, 9.17) is 11.6 Å². The predicted octanol–water partition coefficient (Wildman–Crippen LogP) is 1.55. The molecule has 0 aliphatic rings. The third-order valence-corrected chi connectivity index (χ3v) is 2.54. The SMILES string of the molecule is CCSc1cc(=O)c(Cl)nn1C. The summed E-state index contributed by atoms with van der Waals surface area (Å²) in [6.07, 6.45) is 0. The van der Waals surface area contributed by atoms with Gasteiger partial charge in [0.2, 0.25) is 5.43 Å². The van der Waals surface area contributed by atoms with Crippen LogP contribution in [0.2, 0.25) is 5.15 Å². The Morgan fingerprint density at radius 3 is 3.00 bits per heavy atom. The van der Waals surface area contributed by atoms with Crippen molar-refractivity contribution in [1.82, 2.24) is 9.78 Å². The Balaban J connectivity index is 3.14. The lowest BCUT2D eigenvalue weighted by Gasteiger charge is -2.04. The van der Waals surface area contributed by atoms with Crippen LogP contribution in [-0.4, -0.2) is 15.5 Å². The molecule has 1 rings (SSSR count). The molecule has 1 heterocycles. The Morgan fingerprint density at radius 2 is 2.42 bits per heavy atom.